The number of nitrogens with one attached hydrogen (secondary N) is 1. The lowest BCUT2D eigenvalue weighted by Crippen LogP contribution is -2.46. The molecule has 1 saturated heterocycles. The van der Waals surface area contributed by atoms with Crippen LogP contribution in [0.2, 0.25) is 0 Å². The average molecular weight is 393 g/mol. The van der Waals surface area contributed by atoms with Crippen molar-refractivity contribution >= 4 is 23.4 Å². The molecule has 2 unspecified atom stereocenters. The van der Waals surface area contributed by atoms with E-state index in [1.54, 1.807) is 24.4 Å². The van der Waals surface area contributed by atoms with Gasteiger partial charge in [0.15, 0.2) is 0 Å². The van der Waals surface area contributed by atoms with Gasteiger partial charge in [0.05, 0.1) is 17.8 Å². The molecule has 3 rings (SSSR count). The third kappa shape index (κ3) is 4.36. The first-order valence-corrected chi connectivity index (χ1v) is 9.37. The van der Waals surface area contributed by atoms with Crippen LogP contribution in [-0.4, -0.2) is 47.1 Å². The molecule has 29 heavy (non-hydrogen) atoms. The van der Waals surface area contributed by atoms with Gasteiger partial charge in [0, 0.05) is 25.8 Å². The molecule has 2 aromatic rings. The second-order valence-electron chi connectivity index (χ2n) is 6.91. The SMILES string of the molecule is C=CCNC(=O)/C(C#N)=C/c1c(N2CC(C)OC(C)C2)nc2ccccn2c1=O. The van der Waals surface area contributed by atoms with Gasteiger partial charge in [-0.25, -0.2) is 4.98 Å². The van der Waals surface area contributed by atoms with Gasteiger partial charge >= 0.3 is 0 Å². The second kappa shape index (κ2) is 8.71. The number of hydrogen-bond acceptors (Lipinski definition) is 6. The summed E-state index contributed by atoms with van der Waals surface area (Å²) in [5.41, 5.74) is 0.172. The van der Waals surface area contributed by atoms with Gasteiger partial charge in [-0.15, -0.1) is 6.58 Å². The Morgan fingerprint density at radius 1 is 1.41 bits per heavy atom. The van der Waals surface area contributed by atoms with Gasteiger partial charge in [-0.1, -0.05) is 12.1 Å². The topological polar surface area (TPSA) is 99.7 Å². The van der Waals surface area contributed by atoms with Crippen LogP contribution in [0.15, 0.2) is 47.4 Å². The maximum Gasteiger partial charge on any atom is 0.267 e. The molecule has 0 saturated carbocycles. The molecule has 0 bridgehead atoms. The third-order valence-corrected chi connectivity index (χ3v) is 4.53. The van der Waals surface area contributed by atoms with E-state index in [4.69, 9.17) is 4.74 Å². The minimum absolute atomic E-state index is 0.0436. The zero-order valence-electron chi connectivity index (χ0n) is 16.5. The largest absolute Gasteiger partial charge is 0.372 e. The predicted molar refractivity (Wildman–Crippen MR) is 110 cm³/mol. The number of morpholine rings is 1. The van der Waals surface area contributed by atoms with Gasteiger partial charge in [0.25, 0.3) is 11.5 Å². The fourth-order valence-electron chi connectivity index (χ4n) is 3.36. The molecule has 0 aromatic carbocycles. The highest BCUT2D eigenvalue weighted by atomic mass is 16.5. The van der Waals surface area contributed by atoms with Crippen LogP contribution in [0, 0.1) is 11.3 Å². The Morgan fingerprint density at radius 3 is 2.79 bits per heavy atom. The highest BCUT2D eigenvalue weighted by Crippen LogP contribution is 2.23. The summed E-state index contributed by atoms with van der Waals surface area (Å²) in [5, 5.41) is 12.0. The summed E-state index contributed by atoms with van der Waals surface area (Å²) in [4.78, 5) is 32.1. The van der Waals surface area contributed by atoms with Crippen LogP contribution in [0.3, 0.4) is 0 Å². The molecule has 0 radical (unpaired) electrons. The fraction of sp³-hybridized carbons (Fsp3) is 0.333. The number of aromatic nitrogens is 2. The summed E-state index contributed by atoms with van der Waals surface area (Å²) >= 11 is 0. The van der Waals surface area contributed by atoms with E-state index in [1.165, 1.54) is 16.6 Å². The first-order chi connectivity index (χ1) is 13.9. The van der Waals surface area contributed by atoms with Gasteiger partial charge in [-0.3, -0.25) is 14.0 Å². The fourth-order valence-corrected chi connectivity index (χ4v) is 3.36. The number of anilines is 1. The van der Waals surface area contributed by atoms with Crippen molar-refractivity contribution in [3.8, 4) is 6.07 Å². The predicted octanol–water partition coefficient (Wildman–Crippen LogP) is 1.52. The number of amides is 1. The van der Waals surface area contributed by atoms with Crippen molar-refractivity contribution in [2.24, 2.45) is 0 Å². The van der Waals surface area contributed by atoms with Crippen LogP contribution in [0.5, 0.6) is 0 Å². The first kappa shape index (κ1) is 20.3. The molecule has 2 aromatic heterocycles. The van der Waals surface area contributed by atoms with Crippen LogP contribution in [-0.2, 0) is 9.53 Å². The molecular weight excluding hydrogens is 370 g/mol. The van der Waals surface area contributed by atoms with Gasteiger partial charge in [-0.2, -0.15) is 5.26 Å². The van der Waals surface area contributed by atoms with Gasteiger partial charge in [0.1, 0.15) is 23.1 Å². The summed E-state index contributed by atoms with van der Waals surface area (Å²) in [7, 11) is 0. The average Bonchev–Trinajstić information content (AvgIpc) is 2.70. The van der Waals surface area contributed by atoms with Crippen LogP contribution >= 0.6 is 0 Å². The molecule has 1 aliphatic heterocycles. The lowest BCUT2D eigenvalue weighted by Gasteiger charge is -2.36. The van der Waals surface area contributed by atoms with Crippen molar-refractivity contribution in [2.45, 2.75) is 26.1 Å². The third-order valence-electron chi connectivity index (χ3n) is 4.53. The Labute approximate surface area is 168 Å². The molecule has 2 atom stereocenters. The number of carbonyl (C=O) groups excluding carboxylic acids is 1. The van der Waals surface area contributed by atoms with E-state index in [9.17, 15) is 14.9 Å². The summed E-state index contributed by atoms with van der Waals surface area (Å²) in [6.45, 7) is 8.76. The number of rotatable bonds is 5. The minimum Gasteiger partial charge on any atom is -0.372 e. The number of ether oxygens (including phenoxy) is 1. The zero-order valence-corrected chi connectivity index (χ0v) is 16.5. The Kier molecular flexibility index (Phi) is 6.10. The number of fused-ring (bicyclic) bond motifs is 1. The van der Waals surface area contributed by atoms with Crippen LogP contribution in [0.1, 0.15) is 19.4 Å². The number of nitrogens with zero attached hydrogens (tertiary/aromatic N) is 4. The van der Waals surface area contributed by atoms with Crippen LogP contribution in [0.25, 0.3) is 11.7 Å². The Hall–Kier alpha value is -3.44. The van der Waals surface area contributed by atoms with Gasteiger partial charge in [0.2, 0.25) is 0 Å². The van der Waals surface area contributed by atoms with Crippen molar-refractivity contribution in [1.29, 1.82) is 5.26 Å². The molecule has 3 heterocycles. The van der Waals surface area contributed by atoms with Gasteiger partial charge in [-0.05, 0) is 32.1 Å². The molecule has 150 valence electrons. The first-order valence-electron chi connectivity index (χ1n) is 9.37. The smallest absolute Gasteiger partial charge is 0.267 e. The van der Waals surface area contributed by atoms with E-state index >= 15 is 0 Å². The molecule has 1 fully saturated rings. The lowest BCUT2D eigenvalue weighted by atomic mass is 10.1. The molecular formula is C21H23N5O3. The van der Waals surface area contributed by atoms with Gasteiger partial charge < -0.3 is 15.0 Å². The Morgan fingerprint density at radius 2 is 2.14 bits per heavy atom. The number of carbonyl (C=O) groups is 1. The van der Waals surface area contributed by atoms with Crippen molar-refractivity contribution < 1.29 is 9.53 Å². The summed E-state index contributed by atoms with van der Waals surface area (Å²) < 4.78 is 7.19. The van der Waals surface area contributed by atoms with Crippen molar-refractivity contribution in [1.82, 2.24) is 14.7 Å². The van der Waals surface area contributed by atoms with Crippen molar-refractivity contribution in [3.63, 3.8) is 0 Å². The maximum atomic E-state index is 13.2. The molecule has 8 nitrogen and oxygen atoms in total. The van der Waals surface area contributed by atoms with E-state index in [0.29, 0.717) is 24.6 Å². The van der Waals surface area contributed by atoms with Crippen LogP contribution in [0.4, 0.5) is 5.82 Å². The lowest BCUT2D eigenvalue weighted by molar-refractivity contribution is -0.116. The minimum atomic E-state index is -0.570. The Balaban J connectivity index is 2.18. The van der Waals surface area contributed by atoms with E-state index in [2.05, 4.69) is 16.9 Å². The number of pyridine rings is 1. The molecule has 1 amide bonds. The highest BCUT2D eigenvalue weighted by molar-refractivity contribution is 6.02. The number of nitriles is 1. The molecule has 0 aliphatic carbocycles. The standard InChI is InChI=1S/C21H23N5O3/c1-4-8-23-20(27)16(11-22)10-17-19(25-12-14(2)29-15(3)13-25)24-18-7-5-6-9-26(18)21(17)28/h4-7,9-10,14-15H,1,8,12-13H2,2-3H3,(H,23,27)/b16-10+. The summed E-state index contributed by atoms with van der Waals surface area (Å²) in [5.74, 6) is -0.132. The molecule has 1 aliphatic rings. The van der Waals surface area contributed by atoms with Crippen LogP contribution < -0.4 is 15.8 Å². The second-order valence-corrected chi connectivity index (χ2v) is 6.91. The van der Waals surface area contributed by atoms with E-state index in [1.807, 2.05) is 24.8 Å². The molecule has 8 heteroatoms. The number of hydrogen-bond donors (Lipinski definition) is 1. The molecule has 0 spiro atoms. The van der Waals surface area contributed by atoms with Crippen molar-refractivity contribution in [2.75, 3.05) is 24.5 Å². The van der Waals surface area contributed by atoms with E-state index < -0.39 is 5.91 Å². The maximum absolute atomic E-state index is 13.2. The monoisotopic (exact) mass is 393 g/mol. The van der Waals surface area contributed by atoms with Crippen molar-refractivity contribution in [3.05, 3.63) is 58.5 Å². The summed E-state index contributed by atoms with van der Waals surface area (Å²) in [6, 6.07) is 7.15. The quantitative estimate of drug-likeness (QED) is 0.470. The van der Waals surface area contributed by atoms with E-state index in [0.717, 1.165) is 0 Å². The normalized spacial score (nSPS) is 19.6. The Bertz CT molecular complexity index is 1060. The molecule has 1 N–H and O–H groups in total. The van der Waals surface area contributed by atoms with E-state index in [-0.39, 0.29) is 35.4 Å². The highest BCUT2D eigenvalue weighted by Gasteiger charge is 2.27. The summed E-state index contributed by atoms with van der Waals surface area (Å²) in [6.07, 6.45) is 4.35. The zero-order chi connectivity index (χ0) is 21.0.